The van der Waals surface area contributed by atoms with E-state index in [0.717, 1.165) is 55.4 Å². The van der Waals surface area contributed by atoms with E-state index in [2.05, 4.69) is 20.8 Å². The van der Waals surface area contributed by atoms with Gasteiger partial charge >= 0.3 is 0 Å². The summed E-state index contributed by atoms with van der Waals surface area (Å²) in [5.41, 5.74) is 0.938. The van der Waals surface area contributed by atoms with Gasteiger partial charge < -0.3 is 9.26 Å². The van der Waals surface area contributed by atoms with E-state index < -0.39 is 0 Å². The van der Waals surface area contributed by atoms with Crippen molar-refractivity contribution in [1.29, 1.82) is 0 Å². The molecule has 1 atom stereocenters. The van der Waals surface area contributed by atoms with Crippen LogP contribution in [0.2, 0.25) is 0 Å². The van der Waals surface area contributed by atoms with Crippen molar-refractivity contribution in [2.45, 2.75) is 57.2 Å². The third-order valence-corrected chi connectivity index (χ3v) is 5.53. The lowest BCUT2D eigenvalue weighted by Crippen LogP contribution is -2.48. The minimum atomic E-state index is -0.134. The summed E-state index contributed by atoms with van der Waals surface area (Å²) in [5, 5.41) is 10.9. The van der Waals surface area contributed by atoms with Crippen LogP contribution in [0.5, 0.6) is 0 Å². The minimum absolute atomic E-state index is 0.134. The lowest BCUT2D eigenvalue weighted by molar-refractivity contribution is 0.111. The van der Waals surface area contributed by atoms with Crippen LogP contribution in [0.3, 0.4) is 0 Å². The van der Waals surface area contributed by atoms with Crippen molar-refractivity contribution >= 4 is 11.3 Å². The van der Waals surface area contributed by atoms with E-state index in [1.807, 2.05) is 6.92 Å². The number of thiazole rings is 1. The molecule has 0 spiro atoms. The zero-order valence-electron chi connectivity index (χ0n) is 12.7. The van der Waals surface area contributed by atoms with Gasteiger partial charge in [-0.2, -0.15) is 4.98 Å². The summed E-state index contributed by atoms with van der Waals surface area (Å²) in [7, 11) is 0. The Morgan fingerprint density at radius 3 is 2.91 bits per heavy atom. The van der Waals surface area contributed by atoms with Crippen molar-refractivity contribution in [3.05, 3.63) is 27.8 Å². The molecule has 0 amide bonds. The van der Waals surface area contributed by atoms with Crippen molar-refractivity contribution in [3.63, 3.8) is 0 Å². The Kier molecular flexibility index (Phi) is 3.71. The zero-order valence-corrected chi connectivity index (χ0v) is 13.5. The molecule has 4 rings (SSSR count). The zero-order chi connectivity index (χ0) is 15.0. The molecule has 2 aromatic rings. The quantitative estimate of drug-likeness (QED) is 0.913. The van der Waals surface area contributed by atoms with Gasteiger partial charge in [0.15, 0.2) is 5.82 Å². The predicted octanol–water partition coefficient (Wildman–Crippen LogP) is 2.86. The molecule has 22 heavy (non-hydrogen) atoms. The van der Waals surface area contributed by atoms with E-state index in [4.69, 9.17) is 14.2 Å². The summed E-state index contributed by atoms with van der Waals surface area (Å²) < 4.78 is 10.8. The van der Waals surface area contributed by atoms with Gasteiger partial charge in [-0.3, -0.25) is 5.32 Å². The molecule has 2 aliphatic rings. The Labute approximate surface area is 133 Å². The van der Waals surface area contributed by atoms with Gasteiger partial charge in [-0.25, -0.2) is 4.98 Å². The number of ether oxygens (including phenoxy) is 1. The van der Waals surface area contributed by atoms with Gasteiger partial charge in [0, 0.05) is 25.5 Å². The SMILES string of the molecule is Cc1nc(C2(NCc3csc([C@H]4CCCO4)n3)CCC2)no1. The first-order valence-corrected chi connectivity index (χ1v) is 8.75. The van der Waals surface area contributed by atoms with Crippen molar-refractivity contribution in [3.8, 4) is 0 Å². The van der Waals surface area contributed by atoms with Crippen LogP contribution in [0, 0.1) is 6.92 Å². The Morgan fingerprint density at radius 2 is 2.27 bits per heavy atom. The van der Waals surface area contributed by atoms with Gasteiger partial charge in [-0.05, 0) is 32.1 Å². The van der Waals surface area contributed by atoms with Gasteiger partial charge in [0.05, 0.1) is 11.2 Å². The van der Waals surface area contributed by atoms with Crippen LogP contribution in [0.1, 0.15) is 60.6 Å². The molecule has 3 heterocycles. The summed E-state index contributed by atoms with van der Waals surface area (Å²) in [6, 6.07) is 0. The maximum absolute atomic E-state index is 5.70. The van der Waals surface area contributed by atoms with Crippen LogP contribution in [-0.4, -0.2) is 21.7 Å². The van der Waals surface area contributed by atoms with Crippen molar-refractivity contribution in [1.82, 2.24) is 20.4 Å². The third kappa shape index (κ3) is 2.57. The summed E-state index contributed by atoms with van der Waals surface area (Å²) >= 11 is 1.70. The Morgan fingerprint density at radius 1 is 1.36 bits per heavy atom. The number of hydrogen-bond donors (Lipinski definition) is 1. The van der Waals surface area contributed by atoms with Crippen LogP contribution < -0.4 is 5.32 Å². The molecule has 0 unspecified atom stereocenters. The highest BCUT2D eigenvalue weighted by molar-refractivity contribution is 7.09. The summed E-state index contributed by atoms with van der Waals surface area (Å²) in [6.07, 6.45) is 5.73. The molecule has 2 fully saturated rings. The largest absolute Gasteiger partial charge is 0.371 e. The number of hydrogen-bond acceptors (Lipinski definition) is 7. The Hall–Kier alpha value is -1.31. The highest BCUT2D eigenvalue weighted by Crippen LogP contribution is 2.40. The number of nitrogens with one attached hydrogen (secondary N) is 1. The second kappa shape index (κ2) is 5.72. The van der Waals surface area contributed by atoms with Crippen molar-refractivity contribution in [2.24, 2.45) is 0 Å². The number of aromatic nitrogens is 3. The van der Waals surface area contributed by atoms with Crippen LogP contribution >= 0.6 is 11.3 Å². The molecular weight excluding hydrogens is 300 g/mol. The van der Waals surface area contributed by atoms with Gasteiger partial charge in [0.25, 0.3) is 0 Å². The lowest BCUT2D eigenvalue weighted by Gasteiger charge is -2.39. The lowest BCUT2D eigenvalue weighted by atomic mass is 9.76. The molecule has 0 bridgehead atoms. The van der Waals surface area contributed by atoms with E-state index in [0.29, 0.717) is 5.89 Å². The fourth-order valence-corrected chi connectivity index (χ4v) is 3.99. The molecule has 7 heteroatoms. The molecule has 2 aromatic heterocycles. The Balaban J connectivity index is 1.43. The van der Waals surface area contributed by atoms with E-state index in [1.54, 1.807) is 11.3 Å². The molecule has 0 radical (unpaired) electrons. The monoisotopic (exact) mass is 320 g/mol. The minimum Gasteiger partial charge on any atom is -0.371 e. The maximum Gasteiger partial charge on any atom is 0.223 e. The van der Waals surface area contributed by atoms with Crippen LogP contribution in [0.25, 0.3) is 0 Å². The molecule has 0 aromatic carbocycles. The predicted molar refractivity (Wildman–Crippen MR) is 81.4 cm³/mol. The van der Waals surface area contributed by atoms with Gasteiger partial charge in [-0.1, -0.05) is 5.16 Å². The topological polar surface area (TPSA) is 73.1 Å². The molecule has 1 saturated carbocycles. The average Bonchev–Trinajstić information content (AvgIpc) is 3.17. The number of rotatable bonds is 5. The molecule has 6 nitrogen and oxygen atoms in total. The smallest absolute Gasteiger partial charge is 0.223 e. The molecule has 118 valence electrons. The van der Waals surface area contributed by atoms with Crippen LogP contribution in [-0.2, 0) is 16.8 Å². The first-order chi connectivity index (χ1) is 10.8. The molecule has 1 aliphatic heterocycles. The van der Waals surface area contributed by atoms with E-state index in [1.165, 1.54) is 6.42 Å². The summed E-state index contributed by atoms with van der Waals surface area (Å²) in [6.45, 7) is 3.42. The average molecular weight is 320 g/mol. The highest BCUT2D eigenvalue weighted by atomic mass is 32.1. The Bertz CT molecular complexity index is 644. The van der Waals surface area contributed by atoms with Gasteiger partial charge in [0.2, 0.25) is 5.89 Å². The normalized spacial score (nSPS) is 23.6. The first-order valence-electron chi connectivity index (χ1n) is 7.87. The fraction of sp³-hybridized carbons (Fsp3) is 0.667. The third-order valence-electron chi connectivity index (χ3n) is 4.55. The van der Waals surface area contributed by atoms with Gasteiger partial charge in [-0.15, -0.1) is 11.3 Å². The number of aryl methyl sites for hydroxylation is 1. The van der Waals surface area contributed by atoms with E-state index >= 15 is 0 Å². The second-order valence-electron chi connectivity index (χ2n) is 6.10. The molecule has 1 saturated heterocycles. The fourth-order valence-electron chi connectivity index (χ4n) is 3.09. The van der Waals surface area contributed by atoms with Crippen molar-refractivity contribution in [2.75, 3.05) is 6.61 Å². The molecule has 1 N–H and O–H groups in total. The van der Waals surface area contributed by atoms with Crippen LogP contribution in [0.15, 0.2) is 9.90 Å². The van der Waals surface area contributed by atoms with Crippen LogP contribution in [0.4, 0.5) is 0 Å². The maximum atomic E-state index is 5.70. The second-order valence-corrected chi connectivity index (χ2v) is 6.99. The van der Waals surface area contributed by atoms with Crippen molar-refractivity contribution < 1.29 is 9.26 Å². The van der Waals surface area contributed by atoms with Gasteiger partial charge in [0.1, 0.15) is 11.1 Å². The van der Waals surface area contributed by atoms with E-state index in [-0.39, 0.29) is 11.6 Å². The first kappa shape index (κ1) is 14.3. The summed E-state index contributed by atoms with van der Waals surface area (Å²) in [4.78, 5) is 9.13. The standard InChI is InChI=1S/C15H20N4O2S/c1-10-17-14(19-21-10)15(5-3-6-15)16-8-11-9-22-13(18-11)12-4-2-7-20-12/h9,12,16H,2-8H2,1H3/t12-/m1/s1. The molecule has 1 aliphatic carbocycles. The summed E-state index contributed by atoms with van der Waals surface area (Å²) in [5.74, 6) is 1.41. The molecular formula is C15H20N4O2S. The highest BCUT2D eigenvalue weighted by Gasteiger charge is 2.42. The van der Waals surface area contributed by atoms with E-state index in [9.17, 15) is 0 Å². The number of nitrogens with zero attached hydrogens (tertiary/aromatic N) is 3.